The number of fused-ring (bicyclic) bond motifs is 1. The highest BCUT2D eigenvalue weighted by Crippen LogP contribution is 2.43. The van der Waals surface area contributed by atoms with Crippen molar-refractivity contribution in [2.75, 3.05) is 11.7 Å². The van der Waals surface area contributed by atoms with Crippen molar-refractivity contribution in [1.82, 2.24) is 4.98 Å². The maximum absolute atomic E-state index is 13.3. The number of anilines is 1. The van der Waals surface area contributed by atoms with Gasteiger partial charge in [-0.25, -0.2) is 0 Å². The van der Waals surface area contributed by atoms with Gasteiger partial charge in [0.15, 0.2) is 11.5 Å². The molecule has 2 aliphatic heterocycles. The third-order valence-corrected chi connectivity index (χ3v) is 6.07. The molecule has 34 heavy (non-hydrogen) atoms. The van der Waals surface area contributed by atoms with E-state index in [9.17, 15) is 14.7 Å². The highest BCUT2D eigenvalue weighted by atomic mass is 16.7. The smallest absolute Gasteiger partial charge is 0.300 e. The van der Waals surface area contributed by atoms with Crippen LogP contribution in [0.3, 0.4) is 0 Å². The zero-order valence-corrected chi connectivity index (χ0v) is 19.1. The van der Waals surface area contributed by atoms with E-state index in [2.05, 4.69) is 25.8 Å². The number of ketones is 1. The lowest BCUT2D eigenvalue weighted by Crippen LogP contribution is -2.30. The van der Waals surface area contributed by atoms with Crippen LogP contribution in [-0.2, 0) is 15.0 Å². The van der Waals surface area contributed by atoms with Crippen LogP contribution in [0.5, 0.6) is 11.5 Å². The first-order valence-electron chi connectivity index (χ1n) is 11.0. The molecule has 1 saturated heterocycles. The van der Waals surface area contributed by atoms with E-state index in [1.165, 1.54) is 4.90 Å². The van der Waals surface area contributed by atoms with Crippen molar-refractivity contribution < 1.29 is 24.2 Å². The van der Waals surface area contributed by atoms with E-state index in [1.54, 1.807) is 42.6 Å². The predicted octanol–water partition coefficient (Wildman–Crippen LogP) is 4.73. The number of benzene rings is 2. The Morgan fingerprint density at radius 2 is 1.74 bits per heavy atom. The monoisotopic (exact) mass is 456 g/mol. The summed E-state index contributed by atoms with van der Waals surface area (Å²) in [6.45, 7) is 6.40. The number of carbonyl (C=O) groups is 2. The zero-order chi connectivity index (χ0) is 24.0. The number of rotatable bonds is 3. The van der Waals surface area contributed by atoms with Gasteiger partial charge < -0.3 is 14.6 Å². The second kappa shape index (κ2) is 8.02. The molecule has 0 aliphatic carbocycles. The van der Waals surface area contributed by atoms with Gasteiger partial charge in [-0.3, -0.25) is 19.5 Å². The SMILES string of the molecule is CC(C)(C)c1ccc(N2C(=O)C(=O)/C(=C(\O)c3ccc4c(c3)OCO4)C2c2ccccn2)cc1. The number of pyridine rings is 1. The number of Topliss-reactive ketones (excluding diaryl/α,β-unsaturated/α-hetero) is 1. The van der Waals surface area contributed by atoms with Crippen molar-refractivity contribution in [2.24, 2.45) is 0 Å². The van der Waals surface area contributed by atoms with Gasteiger partial charge in [0.2, 0.25) is 6.79 Å². The molecular weight excluding hydrogens is 432 g/mol. The molecule has 1 aromatic heterocycles. The number of ether oxygens (including phenoxy) is 2. The minimum Gasteiger partial charge on any atom is -0.507 e. The van der Waals surface area contributed by atoms with Gasteiger partial charge in [0, 0.05) is 17.4 Å². The largest absolute Gasteiger partial charge is 0.507 e. The number of carbonyl (C=O) groups excluding carboxylic acids is 2. The summed E-state index contributed by atoms with van der Waals surface area (Å²) in [7, 11) is 0. The molecule has 7 heteroatoms. The Morgan fingerprint density at radius 3 is 2.41 bits per heavy atom. The van der Waals surface area contributed by atoms with Gasteiger partial charge in [-0.1, -0.05) is 39.0 Å². The van der Waals surface area contributed by atoms with Gasteiger partial charge in [0.1, 0.15) is 11.8 Å². The van der Waals surface area contributed by atoms with Gasteiger partial charge in [0.05, 0.1) is 11.3 Å². The average molecular weight is 456 g/mol. The molecule has 7 nitrogen and oxygen atoms in total. The Balaban J connectivity index is 1.66. The lowest BCUT2D eigenvalue weighted by Gasteiger charge is -2.26. The van der Waals surface area contributed by atoms with Crippen molar-refractivity contribution in [1.29, 1.82) is 0 Å². The molecule has 0 radical (unpaired) electrons. The van der Waals surface area contributed by atoms with Crippen LogP contribution < -0.4 is 14.4 Å². The summed E-state index contributed by atoms with van der Waals surface area (Å²) >= 11 is 0. The molecule has 0 spiro atoms. The number of nitrogens with zero attached hydrogens (tertiary/aromatic N) is 2. The molecule has 0 bridgehead atoms. The second-order valence-electron chi connectivity index (χ2n) is 9.29. The molecule has 1 unspecified atom stereocenters. The maximum Gasteiger partial charge on any atom is 0.300 e. The van der Waals surface area contributed by atoms with E-state index in [-0.39, 0.29) is 23.5 Å². The number of hydrogen-bond donors (Lipinski definition) is 1. The topological polar surface area (TPSA) is 89.0 Å². The van der Waals surface area contributed by atoms with Crippen molar-refractivity contribution in [3.05, 3.63) is 89.3 Å². The van der Waals surface area contributed by atoms with Crippen LogP contribution in [-0.4, -0.2) is 28.6 Å². The summed E-state index contributed by atoms with van der Waals surface area (Å²) in [5.74, 6) is -0.768. The molecule has 3 aromatic rings. The molecule has 1 fully saturated rings. The highest BCUT2D eigenvalue weighted by molar-refractivity contribution is 6.51. The first kappa shape index (κ1) is 21.7. The fraction of sp³-hybridized carbons (Fsp3) is 0.222. The van der Waals surface area contributed by atoms with Crippen LogP contribution in [0.15, 0.2) is 72.4 Å². The Kier molecular flexibility index (Phi) is 5.12. The summed E-state index contributed by atoms with van der Waals surface area (Å²) in [5.41, 5.74) is 2.39. The first-order valence-corrected chi connectivity index (χ1v) is 11.0. The predicted molar refractivity (Wildman–Crippen MR) is 127 cm³/mol. The molecule has 0 saturated carbocycles. The number of hydrogen-bond acceptors (Lipinski definition) is 6. The molecule has 1 amide bonds. The summed E-state index contributed by atoms with van der Waals surface area (Å²) < 4.78 is 10.7. The molecule has 1 atom stereocenters. The van der Waals surface area contributed by atoms with Crippen LogP contribution in [0, 0.1) is 0 Å². The van der Waals surface area contributed by atoms with Crippen LogP contribution in [0.1, 0.15) is 43.6 Å². The second-order valence-corrected chi connectivity index (χ2v) is 9.29. The minimum atomic E-state index is -0.882. The van der Waals surface area contributed by atoms with Crippen LogP contribution in [0.25, 0.3) is 5.76 Å². The summed E-state index contributed by atoms with van der Waals surface area (Å²) in [6, 6.07) is 16.8. The summed E-state index contributed by atoms with van der Waals surface area (Å²) in [4.78, 5) is 32.3. The van der Waals surface area contributed by atoms with Crippen molar-refractivity contribution in [3.8, 4) is 11.5 Å². The van der Waals surface area contributed by atoms with Crippen molar-refractivity contribution in [3.63, 3.8) is 0 Å². The maximum atomic E-state index is 13.3. The minimum absolute atomic E-state index is 0.0255. The van der Waals surface area contributed by atoms with E-state index in [4.69, 9.17) is 9.47 Å². The molecule has 172 valence electrons. The van der Waals surface area contributed by atoms with Gasteiger partial charge in [-0.05, 0) is 53.4 Å². The standard InChI is InChI=1S/C27H24N2O5/c1-27(2,3)17-8-10-18(11-9-17)29-23(19-6-4-5-13-28-19)22(25(31)26(29)32)24(30)16-7-12-20-21(14-16)34-15-33-20/h4-14,23,30H,15H2,1-3H3/b24-22-. The van der Waals surface area contributed by atoms with Gasteiger partial charge in [-0.2, -0.15) is 0 Å². The van der Waals surface area contributed by atoms with Gasteiger partial charge >= 0.3 is 0 Å². The van der Waals surface area contributed by atoms with Crippen LogP contribution in [0.4, 0.5) is 5.69 Å². The van der Waals surface area contributed by atoms with E-state index in [0.29, 0.717) is 28.4 Å². The third kappa shape index (κ3) is 3.59. The van der Waals surface area contributed by atoms with E-state index in [0.717, 1.165) is 5.56 Å². The quantitative estimate of drug-likeness (QED) is 0.348. The number of amides is 1. The molecule has 2 aromatic carbocycles. The Bertz CT molecular complexity index is 1310. The van der Waals surface area contributed by atoms with Crippen molar-refractivity contribution in [2.45, 2.75) is 32.2 Å². The Labute approximate surface area is 197 Å². The number of aliphatic hydroxyl groups is 1. The van der Waals surface area contributed by atoms with E-state index < -0.39 is 17.7 Å². The summed E-state index contributed by atoms with van der Waals surface area (Å²) in [5, 5.41) is 11.2. The Morgan fingerprint density at radius 1 is 1.00 bits per heavy atom. The van der Waals surface area contributed by atoms with E-state index in [1.807, 2.05) is 24.3 Å². The van der Waals surface area contributed by atoms with Gasteiger partial charge in [0.25, 0.3) is 11.7 Å². The zero-order valence-electron chi connectivity index (χ0n) is 19.1. The molecule has 2 aliphatic rings. The first-order chi connectivity index (χ1) is 16.3. The van der Waals surface area contributed by atoms with Crippen LogP contribution in [0.2, 0.25) is 0 Å². The fourth-order valence-electron chi connectivity index (χ4n) is 4.24. The third-order valence-electron chi connectivity index (χ3n) is 6.07. The summed E-state index contributed by atoms with van der Waals surface area (Å²) in [6.07, 6.45) is 1.60. The molecule has 3 heterocycles. The highest BCUT2D eigenvalue weighted by Gasteiger charge is 2.47. The molecule has 1 N–H and O–H groups in total. The van der Waals surface area contributed by atoms with Crippen molar-refractivity contribution >= 4 is 23.1 Å². The van der Waals surface area contributed by atoms with E-state index >= 15 is 0 Å². The lowest BCUT2D eigenvalue weighted by atomic mass is 9.87. The lowest BCUT2D eigenvalue weighted by molar-refractivity contribution is -0.132. The van der Waals surface area contributed by atoms with Crippen LogP contribution >= 0.6 is 0 Å². The number of aromatic nitrogens is 1. The Hall–Kier alpha value is -4.13. The average Bonchev–Trinajstić information content (AvgIpc) is 3.41. The normalized spacial score (nSPS) is 19.0. The molecular formula is C27H24N2O5. The fourth-order valence-corrected chi connectivity index (χ4v) is 4.24. The number of aliphatic hydroxyl groups excluding tert-OH is 1. The molecule has 5 rings (SSSR count). The van der Waals surface area contributed by atoms with Gasteiger partial charge in [-0.15, -0.1) is 0 Å².